The lowest BCUT2D eigenvalue weighted by molar-refractivity contribution is -0.148. The number of nitrogens with zero attached hydrogens (tertiary/aromatic N) is 1. The zero-order valence-corrected chi connectivity index (χ0v) is 10.4. The van der Waals surface area contributed by atoms with E-state index in [-0.39, 0.29) is 13.2 Å². The lowest BCUT2D eigenvalue weighted by atomic mass is 9.91. The van der Waals surface area contributed by atoms with Crippen LogP contribution in [0.2, 0.25) is 0 Å². The zero-order valence-electron chi connectivity index (χ0n) is 10.4. The molecule has 5 nitrogen and oxygen atoms in total. The number of likely N-dealkylation sites (tertiary alicyclic amines) is 1. The second kappa shape index (κ2) is 4.76. The first-order chi connectivity index (χ1) is 8.54. The van der Waals surface area contributed by atoms with E-state index in [1.165, 1.54) is 4.90 Å². The predicted octanol–water partition coefficient (Wildman–Crippen LogP) is 0.811. The van der Waals surface area contributed by atoms with Crippen LogP contribution in [0, 0.1) is 5.92 Å². The van der Waals surface area contributed by atoms with Gasteiger partial charge in [0, 0.05) is 5.70 Å². The van der Waals surface area contributed by atoms with Crippen molar-refractivity contribution in [1.29, 1.82) is 0 Å². The molecule has 0 N–H and O–H groups in total. The Labute approximate surface area is 105 Å². The van der Waals surface area contributed by atoms with Gasteiger partial charge in [0.15, 0.2) is 0 Å². The molecule has 1 amide bonds. The van der Waals surface area contributed by atoms with Gasteiger partial charge in [0.2, 0.25) is 5.78 Å². The molecule has 1 aliphatic carbocycles. The van der Waals surface area contributed by atoms with E-state index in [0.717, 1.165) is 5.57 Å². The summed E-state index contributed by atoms with van der Waals surface area (Å²) >= 11 is 0. The number of fused-ring (bicyclic) bond motifs is 1. The summed E-state index contributed by atoms with van der Waals surface area (Å²) < 4.78 is 4.80. The molecule has 1 fully saturated rings. The highest BCUT2D eigenvalue weighted by molar-refractivity contribution is 6.40. The number of hydrogen-bond acceptors (Lipinski definition) is 4. The number of hydrogen-bond donors (Lipinski definition) is 0. The van der Waals surface area contributed by atoms with Gasteiger partial charge in [0.05, 0.1) is 12.5 Å². The fourth-order valence-electron chi connectivity index (χ4n) is 2.24. The Balaban J connectivity index is 2.21. The van der Waals surface area contributed by atoms with Crippen LogP contribution in [0.25, 0.3) is 0 Å². The lowest BCUT2D eigenvalue weighted by Crippen LogP contribution is -2.32. The minimum Gasteiger partial charge on any atom is -0.465 e. The van der Waals surface area contributed by atoms with Crippen molar-refractivity contribution in [1.82, 2.24) is 4.90 Å². The summed E-state index contributed by atoms with van der Waals surface area (Å²) in [6.45, 7) is 3.69. The first kappa shape index (κ1) is 12.5. The quantitative estimate of drug-likeness (QED) is 0.548. The van der Waals surface area contributed by atoms with Gasteiger partial charge < -0.3 is 4.74 Å². The van der Waals surface area contributed by atoms with Gasteiger partial charge in [-0.05, 0) is 26.3 Å². The Morgan fingerprint density at radius 3 is 2.83 bits per heavy atom. The third-order valence-corrected chi connectivity index (χ3v) is 3.10. The van der Waals surface area contributed by atoms with Gasteiger partial charge in [-0.15, -0.1) is 0 Å². The van der Waals surface area contributed by atoms with Gasteiger partial charge in [0.25, 0.3) is 5.91 Å². The fraction of sp³-hybridized carbons (Fsp3) is 0.462. The summed E-state index contributed by atoms with van der Waals surface area (Å²) in [5.41, 5.74) is 1.67. The van der Waals surface area contributed by atoms with Gasteiger partial charge in [-0.2, -0.15) is 0 Å². The SMILES string of the molecule is CCOC(=O)CN1C(=O)C(=O)C2CC(C)=CC=C21. The highest BCUT2D eigenvalue weighted by Crippen LogP contribution is 2.34. The smallest absolute Gasteiger partial charge is 0.326 e. The molecule has 0 aromatic heterocycles. The van der Waals surface area contributed by atoms with Crippen molar-refractivity contribution in [3.63, 3.8) is 0 Å². The van der Waals surface area contributed by atoms with Gasteiger partial charge >= 0.3 is 5.97 Å². The molecule has 0 saturated carbocycles. The molecule has 1 aliphatic heterocycles. The standard InChI is InChI=1S/C13H15NO4/c1-3-18-11(15)7-14-10-5-4-8(2)6-9(10)12(16)13(14)17/h4-5,9H,3,6-7H2,1-2H3. The number of carbonyl (C=O) groups is 3. The first-order valence-corrected chi connectivity index (χ1v) is 5.93. The molecular formula is C13H15NO4. The molecule has 5 heteroatoms. The number of esters is 1. The average Bonchev–Trinajstić information content (AvgIpc) is 2.55. The Bertz CT molecular complexity index is 475. The van der Waals surface area contributed by atoms with E-state index in [0.29, 0.717) is 12.1 Å². The number of Topliss-reactive ketones (excluding diaryl/α,β-unsaturated/α-hetero) is 1. The summed E-state index contributed by atoms with van der Waals surface area (Å²) in [5, 5.41) is 0. The second-order valence-electron chi connectivity index (χ2n) is 4.42. The Hall–Kier alpha value is -1.91. The molecule has 0 aromatic carbocycles. The normalized spacial score (nSPS) is 22.6. The summed E-state index contributed by atoms with van der Waals surface area (Å²) in [6, 6.07) is 0. The number of allylic oxidation sites excluding steroid dienone is 4. The Morgan fingerprint density at radius 2 is 2.17 bits per heavy atom. The average molecular weight is 249 g/mol. The number of carbonyl (C=O) groups excluding carboxylic acids is 3. The van der Waals surface area contributed by atoms with Crippen LogP contribution in [0.5, 0.6) is 0 Å². The molecule has 0 spiro atoms. The van der Waals surface area contributed by atoms with Crippen LogP contribution in [-0.2, 0) is 19.1 Å². The third kappa shape index (κ3) is 2.08. The van der Waals surface area contributed by atoms with E-state index in [2.05, 4.69) is 0 Å². The van der Waals surface area contributed by atoms with E-state index >= 15 is 0 Å². The van der Waals surface area contributed by atoms with E-state index in [1.54, 1.807) is 13.0 Å². The molecule has 2 aliphatic rings. The predicted molar refractivity (Wildman–Crippen MR) is 63.3 cm³/mol. The lowest BCUT2D eigenvalue weighted by Gasteiger charge is -2.20. The molecule has 0 bridgehead atoms. The van der Waals surface area contributed by atoms with Crippen LogP contribution < -0.4 is 0 Å². The Morgan fingerprint density at radius 1 is 1.44 bits per heavy atom. The van der Waals surface area contributed by atoms with E-state index < -0.39 is 23.6 Å². The molecular weight excluding hydrogens is 234 g/mol. The molecule has 1 atom stereocenters. The van der Waals surface area contributed by atoms with Crippen LogP contribution in [0.1, 0.15) is 20.3 Å². The molecule has 1 unspecified atom stereocenters. The van der Waals surface area contributed by atoms with Gasteiger partial charge in [-0.1, -0.05) is 11.6 Å². The van der Waals surface area contributed by atoms with Gasteiger partial charge in [0.1, 0.15) is 6.54 Å². The largest absolute Gasteiger partial charge is 0.465 e. The van der Waals surface area contributed by atoms with Gasteiger partial charge in [-0.3, -0.25) is 19.3 Å². The van der Waals surface area contributed by atoms with Crippen LogP contribution in [0.4, 0.5) is 0 Å². The monoisotopic (exact) mass is 249 g/mol. The second-order valence-corrected chi connectivity index (χ2v) is 4.42. The molecule has 2 rings (SSSR count). The molecule has 0 aromatic rings. The van der Waals surface area contributed by atoms with Crippen molar-refractivity contribution in [2.45, 2.75) is 20.3 Å². The van der Waals surface area contributed by atoms with Gasteiger partial charge in [-0.25, -0.2) is 0 Å². The number of rotatable bonds is 3. The number of ether oxygens (including phenoxy) is 1. The van der Waals surface area contributed by atoms with Crippen LogP contribution >= 0.6 is 0 Å². The maximum absolute atomic E-state index is 11.8. The van der Waals surface area contributed by atoms with Crippen LogP contribution in [0.15, 0.2) is 23.4 Å². The highest BCUT2D eigenvalue weighted by Gasteiger charge is 2.44. The van der Waals surface area contributed by atoms with Crippen LogP contribution in [0.3, 0.4) is 0 Å². The molecule has 0 radical (unpaired) electrons. The maximum Gasteiger partial charge on any atom is 0.326 e. The molecule has 1 heterocycles. The summed E-state index contributed by atoms with van der Waals surface area (Å²) in [4.78, 5) is 36.3. The van der Waals surface area contributed by atoms with Crippen molar-refractivity contribution < 1.29 is 19.1 Å². The van der Waals surface area contributed by atoms with E-state index in [9.17, 15) is 14.4 Å². The minimum absolute atomic E-state index is 0.187. The first-order valence-electron chi connectivity index (χ1n) is 5.93. The number of amides is 1. The van der Waals surface area contributed by atoms with Crippen molar-refractivity contribution in [3.8, 4) is 0 Å². The van der Waals surface area contributed by atoms with Crippen molar-refractivity contribution in [3.05, 3.63) is 23.4 Å². The molecule has 96 valence electrons. The maximum atomic E-state index is 11.8. The highest BCUT2D eigenvalue weighted by atomic mass is 16.5. The summed E-state index contributed by atoms with van der Waals surface area (Å²) in [6.07, 6.45) is 4.16. The third-order valence-electron chi connectivity index (χ3n) is 3.10. The van der Waals surface area contributed by atoms with Crippen molar-refractivity contribution in [2.24, 2.45) is 5.92 Å². The van der Waals surface area contributed by atoms with Crippen molar-refractivity contribution in [2.75, 3.05) is 13.2 Å². The fourth-order valence-corrected chi connectivity index (χ4v) is 2.24. The number of ketones is 1. The van der Waals surface area contributed by atoms with E-state index in [1.807, 2.05) is 13.0 Å². The zero-order chi connectivity index (χ0) is 13.3. The summed E-state index contributed by atoms with van der Waals surface area (Å²) in [7, 11) is 0. The summed E-state index contributed by atoms with van der Waals surface area (Å²) in [5.74, 6) is -1.95. The Kier molecular flexibility index (Phi) is 3.32. The molecule has 18 heavy (non-hydrogen) atoms. The topological polar surface area (TPSA) is 63.7 Å². The minimum atomic E-state index is -0.609. The van der Waals surface area contributed by atoms with Crippen LogP contribution in [-0.4, -0.2) is 35.7 Å². The van der Waals surface area contributed by atoms with Crippen molar-refractivity contribution >= 4 is 17.7 Å². The molecule has 1 saturated heterocycles. The van der Waals surface area contributed by atoms with E-state index in [4.69, 9.17) is 4.74 Å².